The molecule has 0 aromatic rings. The van der Waals surface area contributed by atoms with Gasteiger partial charge in [0.2, 0.25) is 0 Å². The van der Waals surface area contributed by atoms with Gasteiger partial charge in [-0.25, -0.2) is 0 Å². The third-order valence-corrected chi connectivity index (χ3v) is 10.1. The van der Waals surface area contributed by atoms with Crippen molar-refractivity contribution in [1.82, 2.24) is 4.90 Å². The highest BCUT2D eigenvalue weighted by Crippen LogP contribution is 2.21. The van der Waals surface area contributed by atoms with Crippen LogP contribution in [0.4, 0.5) is 0 Å². The summed E-state index contributed by atoms with van der Waals surface area (Å²) >= 11 is 0. The molecule has 0 aliphatic rings. The predicted molar refractivity (Wildman–Crippen MR) is 215 cm³/mol. The highest BCUT2D eigenvalue weighted by molar-refractivity contribution is 5.68. The molecule has 0 aromatic heterocycles. The van der Waals surface area contributed by atoms with Crippen LogP contribution >= 0.6 is 0 Å². The van der Waals surface area contributed by atoms with Crippen LogP contribution in [0.2, 0.25) is 0 Å². The van der Waals surface area contributed by atoms with E-state index in [9.17, 15) is 4.79 Å². The number of ether oxygens (including phenoxy) is 1. The first-order chi connectivity index (χ1) is 23.6. The predicted octanol–water partition coefficient (Wildman–Crippen LogP) is 14.7. The van der Waals surface area contributed by atoms with E-state index >= 15 is 0 Å². The van der Waals surface area contributed by atoms with Gasteiger partial charge in [0.25, 0.3) is 0 Å². The van der Waals surface area contributed by atoms with E-state index in [1.807, 2.05) is 0 Å². The van der Waals surface area contributed by atoms with Crippen molar-refractivity contribution < 1.29 is 9.53 Å². The van der Waals surface area contributed by atoms with E-state index in [1.54, 1.807) is 0 Å². The second-order valence-electron chi connectivity index (χ2n) is 15.3. The fourth-order valence-corrected chi connectivity index (χ4v) is 7.03. The van der Waals surface area contributed by atoms with Crippen LogP contribution in [0.1, 0.15) is 225 Å². The van der Waals surface area contributed by atoms with Gasteiger partial charge in [0, 0.05) is 13.0 Å². The first-order valence-electron chi connectivity index (χ1n) is 21.6. The van der Waals surface area contributed by atoms with Crippen molar-refractivity contribution in [3.8, 4) is 0 Å². The highest BCUT2D eigenvalue weighted by Gasteiger charge is 2.10. The first kappa shape index (κ1) is 46.9. The molecule has 3 nitrogen and oxygen atoms in total. The molecule has 0 radical (unpaired) electrons. The van der Waals surface area contributed by atoms with E-state index in [2.05, 4.69) is 55.0 Å². The summed E-state index contributed by atoms with van der Waals surface area (Å²) in [4.78, 5) is 13.5. The number of carbonyl (C=O) groups is 1. The maximum atomic E-state index is 11.1. The molecule has 284 valence electrons. The zero-order valence-electron chi connectivity index (χ0n) is 33.4. The summed E-state index contributed by atoms with van der Waals surface area (Å²) in [6.07, 6.45) is 55.4. The molecule has 0 aliphatic heterocycles. The summed E-state index contributed by atoms with van der Waals surface area (Å²) in [5.41, 5.74) is 0. The molecule has 1 atom stereocenters. The normalized spacial score (nSPS) is 12.6. The number of unbranched alkanes of at least 4 members (excludes halogenated alkanes) is 27. The molecule has 0 aromatic carbocycles. The largest absolute Gasteiger partial charge is 0.469 e. The Kier molecular flexibility index (Phi) is 39.4. The van der Waals surface area contributed by atoms with Crippen molar-refractivity contribution in [3.63, 3.8) is 0 Å². The molecule has 0 heterocycles. The maximum absolute atomic E-state index is 11.1. The monoisotopic (exact) mass is 674 g/mol. The van der Waals surface area contributed by atoms with Gasteiger partial charge in [0.05, 0.1) is 7.11 Å². The third-order valence-electron chi connectivity index (χ3n) is 10.1. The van der Waals surface area contributed by atoms with Crippen LogP contribution in [0, 0.1) is 5.92 Å². The minimum Gasteiger partial charge on any atom is -0.469 e. The molecule has 1 unspecified atom stereocenters. The van der Waals surface area contributed by atoms with Gasteiger partial charge in [-0.1, -0.05) is 172 Å². The van der Waals surface area contributed by atoms with E-state index < -0.39 is 0 Å². The molecular weight excluding hydrogens is 587 g/mol. The molecule has 3 heteroatoms. The Morgan fingerprint density at radius 2 is 0.792 bits per heavy atom. The van der Waals surface area contributed by atoms with Crippen LogP contribution < -0.4 is 0 Å². The third kappa shape index (κ3) is 39.3. The second-order valence-corrected chi connectivity index (χ2v) is 15.3. The number of allylic oxidation sites excluding steroid dienone is 4. The number of hydrogen-bond acceptors (Lipinski definition) is 3. The Bertz CT molecular complexity index is 684. The molecule has 0 rings (SSSR count). The fraction of sp³-hybridized carbons (Fsp3) is 0.889. The zero-order valence-corrected chi connectivity index (χ0v) is 33.4. The SMILES string of the molecule is CCCCCCCC/C=C\CCCCCCCCCCCC(CCCCCCCCC/C=C\CCCCCCCC(=O)OC)CN(C)C. The lowest BCUT2D eigenvalue weighted by Gasteiger charge is -2.21. The number of hydrogen-bond donors (Lipinski definition) is 0. The first-order valence-corrected chi connectivity index (χ1v) is 21.6. The average molecular weight is 674 g/mol. The van der Waals surface area contributed by atoms with Crippen molar-refractivity contribution in [3.05, 3.63) is 24.3 Å². The Morgan fingerprint density at radius 3 is 1.12 bits per heavy atom. The van der Waals surface area contributed by atoms with Gasteiger partial charge >= 0.3 is 5.97 Å². The molecule has 0 amide bonds. The van der Waals surface area contributed by atoms with Crippen molar-refractivity contribution in [2.24, 2.45) is 5.92 Å². The van der Waals surface area contributed by atoms with E-state index in [4.69, 9.17) is 0 Å². The van der Waals surface area contributed by atoms with Crippen LogP contribution in [0.25, 0.3) is 0 Å². The van der Waals surface area contributed by atoms with E-state index in [-0.39, 0.29) is 5.97 Å². The summed E-state index contributed by atoms with van der Waals surface area (Å²) in [6, 6.07) is 0. The van der Waals surface area contributed by atoms with Crippen LogP contribution in [0.15, 0.2) is 24.3 Å². The molecule has 0 saturated carbocycles. The lowest BCUT2D eigenvalue weighted by molar-refractivity contribution is -0.140. The van der Waals surface area contributed by atoms with Gasteiger partial charge in [0.1, 0.15) is 0 Å². The minimum atomic E-state index is -0.0721. The molecule has 0 saturated heterocycles. The van der Waals surface area contributed by atoms with E-state index in [0.717, 1.165) is 18.8 Å². The number of rotatable bonds is 39. The van der Waals surface area contributed by atoms with Gasteiger partial charge in [0.15, 0.2) is 0 Å². The van der Waals surface area contributed by atoms with Crippen LogP contribution in [-0.2, 0) is 9.53 Å². The summed E-state index contributed by atoms with van der Waals surface area (Å²) in [6.45, 7) is 3.57. The molecule has 0 aliphatic carbocycles. The second kappa shape index (κ2) is 40.3. The topological polar surface area (TPSA) is 29.5 Å². The van der Waals surface area contributed by atoms with Crippen LogP contribution in [0.3, 0.4) is 0 Å². The molecule has 0 spiro atoms. The number of esters is 1. The minimum absolute atomic E-state index is 0.0721. The maximum Gasteiger partial charge on any atom is 0.305 e. The van der Waals surface area contributed by atoms with Gasteiger partial charge < -0.3 is 9.64 Å². The molecule has 0 N–H and O–H groups in total. The zero-order chi connectivity index (χ0) is 35.0. The molecule has 48 heavy (non-hydrogen) atoms. The van der Waals surface area contributed by atoms with Crippen molar-refractivity contribution in [1.29, 1.82) is 0 Å². The molecule has 0 fully saturated rings. The standard InChI is InChI=1S/C45H87NO2/c1-5-6-7-8-9-10-11-12-13-14-15-16-19-22-25-28-31-34-37-40-44(43-46(2)3)41-38-35-32-29-26-23-20-17-18-21-24-27-30-33-36-39-42-45(47)48-4/h12-13,18,21,44H,5-11,14-17,19-20,22-43H2,1-4H3/b13-12-,21-18-. The number of carbonyl (C=O) groups excluding carboxylic acids is 1. The number of methoxy groups -OCH3 is 1. The number of nitrogens with zero attached hydrogens (tertiary/aromatic N) is 1. The summed E-state index contributed by atoms with van der Waals surface area (Å²) in [5.74, 6) is 0.829. The lowest BCUT2D eigenvalue weighted by atomic mass is 9.93. The van der Waals surface area contributed by atoms with Crippen molar-refractivity contribution >= 4 is 5.97 Å². The smallest absolute Gasteiger partial charge is 0.305 e. The van der Waals surface area contributed by atoms with Gasteiger partial charge in [-0.05, 0) is 90.6 Å². The van der Waals surface area contributed by atoms with Crippen LogP contribution in [-0.4, -0.2) is 38.6 Å². The Hall–Kier alpha value is -1.09. The Morgan fingerprint density at radius 1 is 0.479 bits per heavy atom. The van der Waals surface area contributed by atoms with Gasteiger partial charge in [-0.15, -0.1) is 0 Å². The fourth-order valence-electron chi connectivity index (χ4n) is 7.03. The summed E-state index contributed by atoms with van der Waals surface area (Å²) in [7, 11) is 5.99. The Balaban J connectivity index is 3.52. The summed E-state index contributed by atoms with van der Waals surface area (Å²) in [5, 5.41) is 0. The molecular formula is C45H87NO2. The highest BCUT2D eigenvalue weighted by atomic mass is 16.5. The van der Waals surface area contributed by atoms with Gasteiger partial charge in [-0.3, -0.25) is 4.79 Å². The summed E-state index contributed by atoms with van der Waals surface area (Å²) < 4.78 is 4.69. The van der Waals surface area contributed by atoms with Crippen molar-refractivity contribution in [2.45, 2.75) is 225 Å². The van der Waals surface area contributed by atoms with E-state index in [1.165, 1.54) is 213 Å². The van der Waals surface area contributed by atoms with Crippen molar-refractivity contribution in [2.75, 3.05) is 27.7 Å². The quantitative estimate of drug-likeness (QED) is 0.0369. The lowest BCUT2D eigenvalue weighted by Crippen LogP contribution is -2.21. The Labute approximate surface area is 302 Å². The van der Waals surface area contributed by atoms with E-state index in [0.29, 0.717) is 6.42 Å². The average Bonchev–Trinajstić information content (AvgIpc) is 3.08. The van der Waals surface area contributed by atoms with Crippen LogP contribution in [0.5, 0.6) is 0 Å². The van der Waals surface area contributed by atoms with Gasteiger partial charge in [-0.2, -0.15) is 0 Å². The molecule has 0 bridgehead atoms.